The standard InChI is InChI=1S/C19H16F3N5O3.H2S/c1-10-8-26(13-5-3-12(4-6-13)19(20,21)22)18(29)16-14(7-23-27(10)16)25-17(28)15-9-30-11(2)24-15;/h3-7,9-10H,8H2,1-2H3,(H,25,28);1H2/t10-;/m0./s1. The van der Waals surface area contributed by atoms with Gasteiger partial charge in [-0.15, -0.1) is 0 Å². The minimum atomic E-state index is -4.47. The molecule has 2 amide bonds. The molecule has 164 valence electrons. The molecule has 1 aliphatic rings. The van der Waals surface area contributed by atoms with E-state index in [-0.39, 0.29) is 43.2 Å². The van der Waals surface area contributed by atoms with Crippen molar-refractivity contribution in [3.8, 4) is 0 Å². The van der Waals surface area contributed by atoms with Gasteiger partial charge in [0.1, 0.15) is 6.26 Å². The largest absolute Gasteiger partial charge is 0.448 e. The molecule has 1 N–H and O–H groups in total. The third kappa shape index (κ3) is 4.15. The molecule has 0 radical (unpaired) electrons. The molecule has 0 saturated carbocycles. The molecule has 4 rings (SSSR count). The first-order valence-corrected chi connectivity index (χ1v) is 8.95. The van der Waals surface area contributed by atoms with Gasteiger partial charge in [0.2, 0.25) is 0 Å². The summed E-state index contributed by atoms with van der Waals surface area (Å²) in [5.41, 5.74) is -0.138. The van der Waals surface area contributed by atoms with Gasteiger partial charge in [-0.05, 0) is 31.2 Å². The van der Waals surface area contributed by atoms with Crippen LogP contribution in [-0.2, 0) is 6.18 Å². The van der Waals surface area contributed by atoms with Crippen molar-refractivity contribution in [2.75, 3.05) is 16.8 Å². The molecule has 31 heavy (non-hydrogen) atoms. The number of aryl methyl sites for hydroxylation is 1. The van der Waals surface area contributed by atoms with Crippen molar-refractivity contribution in [3.63, 3.8) is 0 Å². The van der Waals surface area contributed by atoms with Crippen LogP contribution < -0.4 is 10.2 Å². The number of benzene rings is 1. The fraction of sp³-hybridized carbons (Fsp3) is 0.263. The van der Waals surface area contributed by atoms with Crippen molar-refractivity contribution in [1.29, 1.82) is 0 Å². The zero-order valence-electron chi connectivity index (χ0n) is 16.4. The molecule has 0 unspecified atom stereocenters. The Morgan fingerprint density at radius 3 is 2.52 bits per heavy atom. The Morgan fingerprint density at radius 2 is 1.94 bits per heavy atom. The molecule has 1 aliphatic heterocycles. The lowest BCUT2D eigenvalue weighted by molar-refractivity contribution is -0.137. The zero-order valence-corrected chi connectivity index (χ0v) is 17.4. The Bertz CT molecular complexity index is 1120. The minimum Gasteiger partial charge on any atom is -0.448 e. The van der Waals surface area contributed by atoms with E-state index in [0.717, 1.165) is 12.1 Å². The normalized spacial score (nSPS) is 16.0. The molecule has 0 fully saturated rings. The topological polar surface area (TPSA) is 93.3 Å². The zero-order chi connectivity index (χ0) is 21.6. The maximum absolute atomic E-state index is 13.1. The highest BCUT2D eigenvalue weighted by molar-refractivity contribution is 7.59. The monoisotopic (exact) mass is 453 g/mol. The summed E-state index contributed by atoms with van der Waals surface area (Å²) < 4.78 is 45.0. The lowest BCUT2D eigenvalue weighted by Crippen LogP contribution is -2.43. The van der Waals surface area contributed by atoms with Gasteiger partial charge in [-0.3, -0.25) is 14.3 Å². The van der Waals surface area contributed by atoms with E-state index in [9.17, 15) is 22.8 Å². The van der Waals surface area contributed by atoms with Crippen LogP contribution in [0.15, 0.2) is 41.1 Å². The van der Waals surface area contributed by atoms with E-state index in [1.807, 2.05) is 6.92 Å². The molecule has 8 nitrogen and oxygen atoms in total. The number of halogens is 3. The van der Waals surface area contributed by atoms with Gasteiger partial charge in [0, 0.05) is 19.2 Å². The Hall–Kier alpha value is -3.28. The van der Waals surface area contributed by atoms with E-state index in [0.29, 0.717) is 11.6 Å². The summed E-state index contributed by atoms with van der Waals surface area (Å²) >= 11 is 0. The molecule has 0 bridgehead atoms. The molecule has 0 spiro atoms. The van der Waals surface area contributed by atoms with E-state index >= 15 is 0 Å². The van der Waals surface area contributed by atoms with E-state index < -0.39 is 23.6 Å². The first kappa shape index (κ1) is 22.4. The number of fused-ring (bicyclic) bond motifs is 1. The van der Waals surface area contributed by atoms with Gasteiger partial charge in [0.15, 0.2) is 17.3 Å². The second-order valence-electron chi connectivity index (χ2n) is 6.87. The number of carbonyl (C=O) groups is 2. The van der Waals surface area contributed by atoms with Crippen LogP contribution >= 0.6 is 13.5 Å². The Balaban J connectivity index is 0.00000272. The number of nitrogens with zero attached hydrogens (tertiary/aromatic N) is 4. The number of rotatable bonds is 3. The van der Waals surface area contributed by atoms with Gasteiger partial charge in [-0.25, -0.2) is 4.98 Å². The van der Waals surface area contributed by atoms with Gasteiger partial charge in [0.25, 0.3) is 11.8 Å². The van der Waals surface area contributed by atoms with Crippen molar-refractivity contribution in [3.05, 3.63) is 59.6 Å². The average molecular weight is 453 g/mol. The summed E-state index contributed by atoms with van der Waals surface area (Å²) in [7, 11) is 0. The van der Waals surface area contributed by atoms with E-state index in [4.69, 9.17) is 4.42 Å². The van der Waals surface area contributed by atoms with Gasteiger partial charge >= 0.3 is 6.18 Å². The first-order valence-electron chi connectivity index (χ1n) is 8.95. The summed E-state index contributed by atoms with van der Waals surface area (Å²) in [6.45, 7) is 3.62. The van der Waals surface area contributed by atoms with E-state index in [1.165, 1.54) is 34.2 Å². The molecule has 1 aromatic carbocycles. The second kappa shape index (κ2) is 8.10. The van der Waals surface area contributed by atoms with Crippen LogP contribution in [0.3, 0.4) is 0 Å². The molecule has 3 heterocycles. The van der Waals surface area contributed by atoms with Gasteiger partial charge < -0.3 is 14.6 Å². The molecule has 0 saturated heterocycles. The van der Waals surface area contributed by atoms with E-state index in [1.54, 1.807) is 6.92 Å². The van der Waals surface area contributed by atoms with Crippen LogP contribution in [0, 0.1) is 6.92 Å². The fourth-order valence-corrected chi connectivity index (χ4v) is 3.26. The first-order chi connectivity index (χ1) is 14.1. The van der Waals surface area contributed by atoms with Crippen LogP contribution in [0.4, 0.5) is 24.5 Å². The number of hydrogen-bond donors (Lipinski definition) is 1. The highest BCUT2D eigenvalue weighted by Crippen LogP contribution is 2.33. The number of nitrogens with one attached hydrogen (secondary N) is 1. The molecule has 2 aromatic heterocycles. The SMILES string of the molecule is Cc1nc(C(=O)Nc2cnn3c2C(=O)N(c2ccc(C(F)(F)F)cc2)C[C@@H]3C)co1.S. The molecule has 12 heteroatoms. The number of anilines is 2. The van der Waals surface area contributed by atoms with Crippen LogP contribution in [0.5, 0.6) is 0 Å². The predicted octanol–water partition coefficient (Wildman–Crippen LogP) is 3.78. The Labute approximate surface area is 181 Å². The second-order valence-corrected chi connectivity index (χ2v) is 6.87. The fourth-order valence-electron chi connectivity index (χ4n) is 3.26. The number of alkyl halides is 3. The lowest BCUT2D eigenvalue weighted by Gasteiger charge is -2.32. The number of carbonyl (C=O) groups excluding carboxylic acids is 2. The smallest absolute Gasteiger partial charge is 0.416 e. The Kier molecular flexibility index (Phi) is 5.85. The Morgan fingerprint density at radius 1 is 1.26 bits per heavy atom. The van der Waals surface area contributed by atoms with Crippen LogP contribution in [0.2, 0.25) is 0 Å². The van der Waals surface area contributed by atoms with Gasteiger partial charge in [-0.2, -0.15) is 31.8 Å². The third-order valence-corrected chi connectivity index (χ3v) is 4.71. The van der Waals surface area contributed by atoms with Crippen molar-refractivity contribution < 1.29 is 27.2 Å². The molecule has 1 atom stereocenters. The van der Waals surface area contributed by atoms with Gasteiger partial charge in [0.05, 0.1) is 23.5 Å². The number of aromatic nitrogens is 3. The molecular weight excluding hydrogens is 435 g/mol. The predicted molar refractivity (Wildman–Crippen MR) is 110 cm³/mol. The number of oxazole rings is 1. The van der Waals surface area contributed by atoms with Crippen LogP contribution in [0.25, 0.3) is 0 Å². The van der Waals surface area contributed by atoms with Crippen molar-refractivity contribution in [2.45, 2.75) is 26.1 Å². The molecular formula is C19H18F3N5O3S. The van der Waals surface area contributed by atoms with Crippen molar-refractivity contribution in [1.82, 2.24) is 14.8 Å². The minimum absolute atomic E-state index is 0. The lowest BCUT2D eigenvalue weighted by atomic mass is 10.1. The number of hydrogen-bond acceptors (Lipinski definition) is 5. The summed E-state index contributed by atoms with van der Waals surface area (Å²) in [5, 5.41) is 6.77. The summed E-state index contributed by atoms with van der Waals surface area (Å²) in [5.74, 6) is -0.748. The average Bonchev–Trinajstić information content (AvgIpc) is 3.31. The molecule has 0 aliphatic carbocycles. The maximum Gasteiger partial charge on any atom is 0.416 e. The highest BCUT2D eigenvalue weighted by Gasteiger charge is 2.35. The van der Waals surface area contributed by atoms with Gasteiger partial charge in [-0.1, -0.05) is 0 Å². The summed E-state index contributed by atoms with van der Waals surface area (Å²) in [6.07, 6.45) is -1.92. The van der Waals surface area contributed by atoms with Crippen LogP contribution in [-0.4, -0.2) is 33.1 Å². The summed E-state index contributed by atoms with van der Waals surface area (Å²) in [4.78, 5) is 30.8. The maximum atomic E-state index is 13.1. The van der Waals surface area contributed by atoms with E-state index in [2.05, 4.69) is 15.4 Å². The third-order valence-electron chi connectivity index (χ3n) is 4.71. The highest BCUT2D eigenvalue weighted by atomic mass is 32.1. The number of amides is 2. The van der Waals surface area contributed by atoms with Crippen LogP contribution in [0.1, 0.15) is 45.4 Å². The molecule has 3 aromatic rings. The quantitative estimate of drug-likeness (QED) is 0.652. The van der Waals surface area contributed by atoms with Crippen molar-refractivity contribution in [2.24, 2.45) is 0 Å². The van der Waals surface area contributed by atoms with Crippen molar-refractivity contribution >= 4 is 36.7 Å². The summed E-state index contributed by atoms with van der Waals surface area (Å²) in [6, 6.07) is 4.08.